The monoisotopic (exact) mass is 345 g/mol. The number of hydrogen-bond donors (Lipinski definition) is 1. The fourth-order valence-corrected chi connectivity index (χ4v) is 5.66. The van der Waals surface area contributed by atoms with Crippen molar-refractivity contribution in [2.75, 3.05) is 6.54 Å². The summed E-state index contributed by atoms with van der Waals surface area (Å²) in [5.41, 5.74) is 2.65. The molecule has 0 saturated heterocycles. The zero-order valence-corrected chi connectivity index (χ0v) is 14.5. The molecule has 1 aliphatic carbocycles. The van der Waals surface area contributed by atoms with Gasteiger partial charge in [-0.25, -0.2) is 0 Å². The predicted octanol–water partition coefficient (Wildman–Crippen LogP) is 5.69. The highest BCUT2D eigenvalue weighted by Gasteiger charge is 2.23. The van der Waals surface area contributed by atoms with Crippen molar-refractivity contribution in [3.05, 3.63) is 41.7 Å². The highest BCUT2D eigenvalue weighted by Crippen LogP contribution is 2.41. The van der Waals surface area contributed by atoms with E-state index in [1.807, 2.05) is 17.4 Å². The summed E-state index contributed by atoms with van der Waals surface area (Å²) < 4.78 is 1.56. The molecule has 0 saturated carbocycles. The van der Waals surface area contributed by atoms with Crippen molar-refractivity contribution in [2.24, 2.45) is 0 Å². The van der Waals surface area contributed by atoms with Gasteiger partial charge in [0.15, 0.2) is 0 Å². The molecule has 2 heterocycles. The molecule has 3 rings (SSSR count). The summed E-state index contributed by atoms with van der Waals surface area (Å²) in [5, 5.41) is 3.55. The van der Waals surface area contributed by atoms with Gasteiger partial charge in [-0.1, -0.05) is 30.1 Å². The van der Waals surface area contributed by atoms with Crippen molar-refractivity contribution in [1.82, 2.24) is 5.32 Å². The van der Waals surface area contributed by atoms with E-state index in [1.54, 1.807) is 4.88 Å². The average Bonchev–Trinajstić information content (AvgIpc) is 2.99. The molecule has 1 atom stereocenters. The van der Waals surface area contributed by atoms with Crippen molar-refractivity contribution in [1.29, 1.82) is 0 Å². The maximum atomic E-state index is 6.35. The highest BCUT2D eigenvalue weighted by molar-refractivity contribution is 7.20. The van der Waals surface area contributed by atoms with Gasteiger partial charge in [-0.3, -0.25) is 0 Å². The zero-order valence-electron chi connectivity index (χ0n) is 11.3. The van der Waals surface area contributed by atoms with Crippen LogP contribution in [0.15, 0.2) is 12.1 Å². The van der Waals surface area contributed by atoms with Gasteiger partial charge in [0.05, 0.1) is 14.7 Å². The molecule has 1 N–H and O–H groups in total. The number of halogens is 2. The third kappa shape index (κ3) is 2.93. The summed E-state index contributed by atoms with van der Waals surface area (Å²) in [5.74, 6) is 0. The van der Waals surface area contributed by atoms with E-state index in [-0.39, 0.29) is 6.04 Å². The Balaban J connectivity index is 1.98. The summed E-state index contributed by atoms with van der Waals surface area (Å²) in [7, 11) is 0. The number of thiophene rings is 2. The molecule has 1 aliphatic rings. The molecule has 0 radical (unpaired) electrons. The maximum Gasteiger partial charge on any atom is 0.0995 e. The summed E-state index contributed by atoms with van der Waals surface area (Å²) >= 11 is 15.8. The van der Waals surface area contributed by atoms with Gasteiger partial charge in [-0.2, -0.15) is 0 Å². The Morgan fingerprint density at radius 1 is 1.20 bits per heavy atom. The first-order valence-corrected chi connectivity index (χ1v) is 9.37. The number of hydrogen-bond acceptors (Lipinski definition) is 3. The predicted molar refractivity (Wildman–Crippen MR) is 90.8 cm³/mol. The molecule has 2 aromatic rings. The minimum absolute atomic E-state index is 0.173. The third-order valence-electron chi connectivity index (χ3n) is 3.70. The molecule has 2 aromatic heterocycles. The van der Waals surface area contributed by atoms with Crippen LogP contribution in [0, 0.1) is 0 Å². The summed E-state index contributed by atoms with van der Waals surface area (Å²) in [6, 6.07) is 4.54. The minimum Gasteiger partial charge on any atom is -0.306 e. The van der Waals surface area contributed by atoms with Gasteiger partial charge in [-0.05, 0) is 49.9 Å². The number of fused-ring (bicyclic) bond motifs is 1. The van der Waals surface area contributed by atoms with E-state index >= 15 is 0 Å². The van der Waals surface area contributed by atoms with E-state index in [0.29, 0.717) is 0 Å². The second-order valence-electron chi connectivity index (χ2n) is 5.07. The summed E-state index contributed by atoms with van der Waals surface area (Å²) in [4.78, 5) is 2.93. The van der Waals surface area contributed by atoms with Crippen LogP contribution in [-0.2, 0) is 12.8 Å². The van der Waals surface area contributed by atoms with E-state index in [0.717, 1.165) is 20.8 Å². The summed E-state index contributed by atoms with van der Waals surface area (Å²) in [6.07, 6.45) is 5.10. The van der Waals surface area contributed by atoms with Gasteiger partial charge in [0.2, 0.25) is 0 Å². The maximum absolute atomic E-state index is 6.35. The van der Waals surface area contributed by atoms with Crippen molar-refractivity contribution in [3.8, 4) is 0 Å². The molecule has 0 aliphatic heterocycles. The van der Waals surface area contributed by atoms with Gasteiger partial charge in [0.1, 0.15) is 0 Å². The second-order valence-corrected chi connectivity index (χ2v) is 8.53. The van der Waals surface area contributed by atoms with Crippen LogP contribution in [0.3, 0.4) is 0 Å². The first kappa shape index (κ1) is 14.9. The van der Waals surface area contributed by atoms with E-state index in [1.165, 1.54) is 47.5 Å². The van der Waals surface area contributed by atoms with Crippen LogP contribution in [0.4, 0.5) is 0 Å². The molecule has 20 heavy (non-hydrogen) atoms. The SMILES string of the molecule is CCNC(c1cc2c(s1)CCCC2)c1cc(Cl)sc1Cl. The highest BCUT2D eigenvalue weighted by atomic mass is 35.5. The molecule has 1 nitrogen and oxygen atoms in total. The molecule has 108 valence electrons. The Bertz CT molecular complexity index is 580. The van der Waals surface area contributed by atoms with Gasteiger partial charge >= 0.3 is 0 Å². The second kappa shape index (κ2) is 6.37. The molecule has 1 unspecified atom stereocenters. The molecule has 0 bridgehead atoms. The lowest BCUT2D eigenvalue weighted by Crippen LogP contribution is -2.20. The lowest BCUT2D eigenvalue weighted by atomic mass is 9.98. The zero-order chi connectivity index (χ0) is 14.1. The van der Waals surface area contributed by atoms with Crippen LogP contribution < -0.4 is 5.32 Å². The van der Waals surface area contributed by atoms with Crippen LogP contribution in [0.2, 0.25) is 8.67 Å². The third-order valence-corrected chi connectivity index (χ3v) is 6.52. The van der Waals surface area contributed by atoms with Gasteiger partial charge < -0.3 is 5.32 Å². The first-order chi connectivity index (χ1) is 9.69. The van der Waals surface area contributed by atoms with E-state index in [9.17, 15) is 0 Å². The quantitative estimate of drug-likeness (QED) is 0.749. The molecule has 0 aromatic carbocycles. The Hall–Kier alpha value is -0.0600. The van der Waals surface area contributed by atoms with Crippen LogP contribution in [0.25, 0.3) is 0 Å². The minimum atomic E-state index is 0.173. The first-order valence-electron chi connectivity index (χ1n) is 6.98. The summed E-state index contributed by atoms with van der Waals surface area (Å²) in [6.45, 7) is 3.04. The number of rotatable bonds is 4. The van der Waals surface area contributed by atoms with Gasteiger partial charge in [-0.15, -0.1) is 22.7 Å². The average molecular weight is 346 g/mol. The van der Waals surface area contributed by atoms with Gasteiger partial charge in [0.25, 0.3) is 0 Å². The fourth-order valence-electron chi connectivity index (χ4n) is 2.77. The standard InChI is InChI=1S/C15H17Cl2NS2/c1-2-18-14(10-8-13(16)20-15(10)17)12-7-9-5-3-4-6-11(9)19-12/h7-8,14,18H,2-6H2,1H3. The van der Waals surface area contributed by atoms with Crippen LogP contribution >= 0.6 is 45.9 Å². The molecule has 0 amide bonds. The molecular formula is C15H17Cl2NS2. The molecule has 0 fully saturated rings. The van der Waals surface area contributed by atoms with E-state index in [2.05, 4.69) is 18.3 Å². The van der Waals surface area contributed by atoms with Crippen LogP contribution in [0.5, 0.6) is 0 Å². The van der Waals surface area contributed by atoms with E-state index < -0.39 is 0 Å². The lowest BCUT2D eigenvalue weighted by Gasteiger charge is -2.15. The van der Waals surface area contributed by atoms with Gasteiger partial charge in [0, 0.05) is 15.3 Å². The topological polar surface area (TPSA) is 12.0 Å². The van der Waals surface area contributed by atoms with Crippen LogP contribution in [0.1, 0.15) is 46.7 Å². The molecule has 0 spiro atoms. The Kier molecular flexibility index (Phi) is 4.73. The normalized spacial score (nSPS) is 16.1. The Morgan fingerprint density at radius 3 is 2.65 bits per heavy atom. The molecule has 5 heteroatoms. The van der Waals surface area contributed by atoms with Crippen molar-refractivity contribution < 1.29 is 0 Å². The lowest BCUT2D eigenvalue weighted by molar-refractivity contribution is 0.640. The fraction of sp³-hybridized carbons (Fsp3) is 0.467. The largest absolute Gasteiger partial charge is 0.306 e. The number of nitrogens with one attached hydrogen (secondary N) is 1. The van der Waals surface area contributed by atoms with E-state index in [4.69, 9.17) is 23.2 Å². The Labute approximate surface area is 137 Å². The number of aryl methyl sites for hydroxylation is 2. The van der Waals surface area contributed by atoms with Crippen molar-refractivity contribution in [3.63, 3.8) is 0 Å². The molecular weight excluding hydrogens is 329 g/mol. The Morgan fingerprint density at radius 2 is 2.00 bits per heavy atom. The van der Waals surface area contributed by atoms with Crippen LogP contribution in [-0.4, -0.2) is 6.54 Å². The van der Waals surface area contributed by atoms with Crippen molar-refractivity contribution in [2.45, 2.75) is 38.6 Å². The smallest absolute Gasteiger partial charge is 0.0995 e. The van der Waals surface area contributed by atoms with Crippen molar-refractivity contribution >= 4 is 45.9 Å².